The van der Waals surface area contributed by atoms with E-state index in [-0.39, 0.29) is 5.82 Å². The van der Waals surface area contributed by atoms with Crippen LogP contribution in [-0.2, 0) is 28.3 Å². The molecule has 170 valence electrons. The molecule has 0 spiro atoms. The molecule has 4 nitrogen and oxygen atoms in total. The zero-order chi connectivity index (χ0) is 22.9. The van der Waals surface area contributed by atoms with Crippen molar-refractivity contribution in [3.8, 4) is 6.07 Å². The van der Waals surface area contributed by atoms with Crippen molar-refractivity contribution in [2.24, 2.45) is 0 Å². The third-order valence-electron chi connectivity index (χ3n) is 6.09. The van der Waals surface area contributed by atoms with Crippen LogP contribution in [0.1, 0.15) is 47.1 Å². The third kappa shape index (κ3) is 5.66. The van der Waals surface area contributed by atoms with E-state index in [1.807, 2.05) is 36.4 Å². The van der Waals surface area contributed by atoms with Gasteiger partial charge in [-0.25, -0.2) is 4.39 Å². The highest BCUT2D eigenvalue weighted by Crippen LogP contribution is 2.45. The molecule has 0 aliphatic carbocycles. The van der Waals surface area contributed by atoms with Crippen LogP contribution in [0.2, 0.25) is 0 Å². The summed E-state index contributed by atoms with van der Waals surface area (Å²) in [5.41, 5.74) is 4.25. The standard InChI is InChI=1S/C28H29FN2O2/c29-26-11-9-25(10-12-26)28(27-13-8-23(19-30)18-24(27)21-33-28)14-4-15-31-16-5-17-32-20-22-6-2-1-3-7-22/h1-3,6-13,18,31H,4-5,14-17,20-21H2. The Bertz CT molecular complexity index is 1080. The Hall–Kier alpha value is -3.04. The summed E-state index contributed by atoms with van der Waals surface area (Å²) >= 11 is 0. The van der Waals surface area contributed by atoms with Crippen molar-refractivity contribution < 1.29 is 13.9 Å². The number of ether oxygens (including phenoxy) is 2. The van der Waals surface area contributed by atoms with Gasteiger partial charge in [-0.2, -0.15) is 5.26 Å². The average molecular weight is 445 g/mol. The molecule has 0 saturated carbocycles. The molecule has 1 aliphatic rings. The van der Waals surface area contributed by atoms with Crippen LogP contribution in [0.4, 0.5) is 4.39 Å². The molecule has 3 aromatic rings. The van der Waals surface area contributed by atoms with E-state index in [0.29, 0.717) is 18.8 Å². The normalized spacial score (nSPS) is 17.0. The number of benzene rings is 3. The fourth-order valence-electron chi connectivity index (χ4n) is 4.42. The maximum absolute atomic E-state index is 13.6. The number of hydrogen-bond donors (Lipinski definition) is 1. The third-order valence-corrected chi connectivity index (χ3v) is 6.09. The summed E-state index contributed by atoms with van der Waals surface area (Å²) in [7, 11) is 0. The summed E-state index contributed by atoms with van der Waals surface area (Å²) in [6, 6.07) is 24.7. The Morgan fingerprint density at radius 3 is 2.58 bits per heavy atom. The van der Waals surface area contributed by atoms with Crippen LogP contribution in [0, 0.1) is 17.1 Å². The number of nitrogens with zero attached hydrogens (tertiary/aromatic N) is 1. The Morgan fingerprint density at radius 1 is 1.00 bits per heavy atom. The molecule has 0 saturated heterocycles. The molecule has 1 aliphatic heterocycles. The van der Waals surface area contributed by atoms with E-state index in [9.17, 15) is 9.65 Å². The van der Waals surface area contributed by atoms with Gasteiger partial charge in [-0.05, 0) is 78.9 Å². The molecule has 3 aromatic carbocycles. The van der Waals surface area contributed by atoms with Gasteiger partial charge in [0, 0.05) is 6.61 Å². The SMILES string of the molecule is N#Cc1ccc2c(c1)COC2(CCCNCCCOCc1ccccc1)c1ccc(F)cc1. The second-order valence-corrected chi connectivity index (χ2v) is 8.35. The number of hydrogen-bond acceptors (Lipinski definition) is 4. The van der Waals surface area contributed by atoms with Crippen LogP contribution in [0.5, 0.6) is 0 Å². The summed E-state index contributed by atoms with van der Waals surface area (Å²) < 4.78 is 25.7. The van der Waals surface area contributed by atoms with E-state index in [1.54, 1.807) is 12.1 Å². The first-order valence-corrected chi connectivity index (χ1v) is 11.5. The summed E-state index contributed by atoms with van der Waals surface area (Å²) in [5, 5.41) is 12.7. The van der Waals surface area contributed by atoms with E-state index in [1.165, 1.54) is 17.7 Å². The van der Waals surface area contributed by atoms with Gasteiger partial charge in [-0.1, -0.05) is 48.5 Å². The molecule has 4 rings (SSSR count). The fraction of sp³-hybridized carbons (Fsp3) is 0.321. The van der Waals surface area contributed by atoms with Gasteiger partial charge in [0.15, 0.2) is 0 Å². The molecule has 1 unspecified atom stereocenters. The van der Waals surface area contributed by atoms with Gasteiger partial charge >= 0.3 is 0 Å². The zero-order valence-electron chi connectivity index (χ0n) is 18.7. The van der Waals surface area contributed by atoms with E-state index >= 15 is 0 Å². The Labute approximate surface area is 195 Å². The first-order valence-electron chi connectivity index (χ1n) is 11.5. The minimum absolute atomic E-state index is 0.261. The molecular weight excluding hydrogens is 415 g/mol. The van der Waals surface area contributed by atoms with Gasteiger partial charge in [0.1, 0.15) is 11.4 Å². The average Bonchev–Trinajstić information content (AvgIpc) is 3.22. The van der Waals surface area contributed by atoms with Crippen molar-refractivity contribution in [2.75, 3.05) is 19.7 Å². The minimum atomic E-state index is -0.614. The molecule has 0 radical (unpaired) electrons. The fourth-order valence-corrected chi connectivity index (χ4v) is 4.42. The second-order valence-electron chi connectivity index (χ2n) is 8.35. The highest BCUT2D eigenvalue weighted by atomic mass is 19.1. The Balaban J connectivity index is 1.29. The highest BCUT2D eigenvalue weighted by molar-refractivity contribution is 5.47. The zero-order valence-corrected chi connectivity index (χ0v) is 18.7. The molecular formula is C28H29FN2O2. The lowest BCUT2D eigenvalue weighted by Gasteiger charge is -2.30. The number of fused-ring (bicyclic) bond motifs is 1. The smallest absolute Gasteiger partial charge is 0.123 e. The minimum Gasteiger partial charge on any atom is -0.377 e. The molecule has 33 heavy (non-hydrogen) atoms. The van der Waals surface area contributed by atoms with Crippen LogP contribution in [0.15, 0.2) is 72.8 Å². The largest absolute Gasteiger partial charge is 0.377 e. The maximum atomic E-state index is 13.6. The Kier molecular flexibility index (Phi) is 7.85. The number of halogens is 1. The van der Waals surface area contributed by atoms with Crippen LogP contribution < -0.4 is 5.32 Å². The molecule has 0 aromatic heterocycles. The predicted octanol–water partition coefficient (Wildman–Crippen LogP) is 5.45. The van der Waals surface area contributed by atoms with Crippen molar-refractivity contribution in [2.45, 2.75) is 38.1 Å². The summed E-state index contributed by atoms with van der Waals surface area (Å²) in [6.07, 6.45) is 2.63. The van der Waals surface area contributed by atoms with Gasteiger partial charge in [0.05, 0.1) is 24.8 Å². The number of rotatable bonds is 11. The van der Waals surface area contributed by atoms with Crippen LogP contribution in [0.25, 0.3) is 0 Å². The summed E-state index contributed by atoms with van der Waals surface area (Å²) in [5.74, 6) is -0.261. The van der Waals surface area contributed by atoms with E-state index in [4.69, 9.17) is 9.47 Å². The van der Waals surface area contributed by atoms with Crippen molar-refractivity contribution in [1.82, 2.24) is 5.32 Å². The monoisotopic (exact) mass is 444 g/mol. The molecule has 1 heterocycles. The second kappa shape index (κ2) is 11.2. The summed E-state index contributed by atoms with van der Waals surface area (Å²) in [4.78, 5) is 0. The lowest BCUT2D eigenvalue weighted by atomic mass is 9.81. The number of nitriles is 1. The van der Waals surface area contributed by atoms with Gasteiger partial charge in [0.25, 0.3) is 0 Å². The molecule has 5 heteroatoms. The topological polar surface area (TPSA) is 54.3 Å². The molecule has 0 amide bonds. The Morgan fingerprint density at radius 2 is 1.79 bits per heavy atom. The molecule has 1 N–H and O–H groups in total. The van der Waals surface area contributed by atoms with Crippen molar-refractivity contribution in [1.29, 1.82) is 5.26 Å². The first-order chi connectivity index (χ1) is 16.2. The molecule has 1 atom stereocenters. The van der Waals surface area contributed by atoms with Crippen molar-refractivity contribution in [3.05, 3.63) is 106 Å². The number of nitrogens with one attached hydrogen (secondary N) is 1. The lowest BCUT2D eigenvalue weighted by molar-refractivity contribution is -0.0129. The van der Waals surface area contributed by atoms with Crippen LogP contribution in [0.3, 0.4) is 0 Å². The van der Waals surface area contributed by atoms with Crippen LogP contribution >= 0.6 is 0 Å². The van der Waals surface area contributed by atoms with E-state index in [0.717, 1.165) is 55.6 Å². The predicted molar refractivity (Wildman–Crippen MR) is 126 cm³/mol. The van der Waals surface area contributed by atoms with Gasteiger partial charge in [0.2, 0.25) is 0 Å². The van der Waals surface area contributed by atoms with Crippen molar-refractivity contribution >= 4 is 0 Å². The van der Waals surface area contributed by atoms with Gasteiger partial charge in [-0.15, -0.1) is 0 Å². The molecule has 0 bridgehead atoms. The van der Waals surface area contributed by atoms with E-state index in [2.05, 4.69) is 23.5 Å². The maximum Gasteiger partial charge on any atom is 0.123 e. The lowest BCUT2D eigenvalue weighted by Crippen LogP contribution is -2.29. The van der Waals surface area contributed by atoms with Crippen LogP contribution in [-0.4, -0.2) is 19.7 Å². The van der Waals surface area contributed by atoms with E-state index < -0.39 is 5.60 Å². The quantitative estimate of drug-likeness (QED) is 0.400. The van der Waals surface area contributed by atoms with Crippen molar-refractivity contribution in [3.63, 3.8) is 0 Å². The summed E-state index contributed by atoms with van der Waals surface area (Å²) in [6.45, 7) is 3.57. The highest BCUT2D eigenvalue weighted by Gasteiger charge is 2.41. The van der Waals surface area contributed by atoms with Gasteiger partial charge < -0.3 is 14.8 Å². The molecule has 0 fully saturated rings. The first kappa shape index (κ1) is 23.1. The van der Waals surface area contributed by atoms with Gasteiger partial charge in [-0.3, -0.25) is 0 Å².